The third-order valence-corrected chi connectivity index (χ3v) is 4.82. The molecule has 0 radical (unpaired) electrons. The summed E-state index contributed by atoms with van der Waals surface area (Å²) < 4.78 is 37.5. The van der Waals surface area contributed by atoms with Crippen LogP contribution in [0.15, 0.2) is 52.9 Å². The minimum atomic E-state index is -0.325. The highest BCUT2D eigenvalue weighted by molar-refractivity contribution is 5.82. The number of hydrogen-bond donors (Lipinski definition) is 1. The minimum Gasteiger partial charge on any atom is -0.493 e. The molecule has 3 unspecified atom stereocenters. The molecular weight excluding hydrogens is 352 g/mol. The fourth-order valence-corrected chi connectivity index (χ4v) is 3.13. The fourth-order valence-electron chi connectivity index (χ4n) is 3.13. The van der Waals surface area contributed by atoms with E-state index in [0.29, 0.717) is 29.1 Å². The van der Waals surface area contributed by atoms with E-state index in [0.717, 1.165) is 6.42 Å². The molecule has 4 rings (SSSR count). The predicted octanol–water partition coefficient (Wildman–Crippen LogP) is 4.60. The Bertz CT molecular complexity index is 967. The summed E-state index contributed by atoms with van der Waals surface area (Å²) in [5.41, 5.74) is 0.587. The smallest absolute Gasteiger partial charge is 0.224 e. The molecule has 0 saturated heterocycles. The molecule has 1 fully saturated rings. The molecule has 1 N–H and O–H groups in total. The number of amides is 1. The first-order valence-corrected chi connectivity index (χ1v) is 8.87. The molecule has 2 aromatic carbocycles. The first-order chi connectivity index (χ1) is 13.0. The molecular formula is C21H19F2NO3. The molecule has 1 saturated carbocycles. The van der Waals surface area contributed by atoms with Crippen molar-refractivity contribution < 1.29 is 22.7 Å². The van der Waals surface area contributed by atoms with Crippen LogP contribution in [0.4, 0.5) is 8.78 Å². The minimum absolute atomic E-state index is 0.0538. The molecule has 1 heterocycles. The number of rotatable bonds is 6. The Morgan fingerprint density at radius 2 is 1.93 bits per heavy atom. The first-order valence-electron chi connectivity index (χ1n) is 8.87. The second kappa shape index (κ2) is 7.02. The van der Waals surface area contributed by atoms with Gasteiger partial charge in [0.2, 0.25) is 5.91 Å². The number of ether oxygens (including phenoxy) is 1. The van der Waals surface area contributed by atoms with E-state index in [2.05, 4.69) is 5.32 Å². The van der Waals surface area contributed by atoms with Gasteiger partial charge in [-0.1, -0.05) is 0 Å². The second-order valence-corrected chi connectivity index (χ2v) is 6.93. The van der Waals surface area contributed by atoms with Crippen molar-refractivity contribution in [1.29, 1.82) is 0 Å². The number of furan rings is 1. The Morgan fingerprint density at radius 1 is 1.19 bits per heavy atom. The van der Waals surface area contributed by atoms with Crippen LogP contribution in [-0.4, -0.2) is 12.5 Å². The Labute approximate surface area is 155 Å². The van der Waals surface area contributed by atoms with E-state index in [4.69, 9.17) is 9.15 Å². The summed E-state index contributed by atoms with van der Waals surface area (Å²) >= 11 is 0. The number of fused-ring (bicyclic) bond motifs is 1. The molecule has 3 atom stereocenters. The van der Waals surface area contributed by atoms with E-state index in [1.165, 1.54) is 24.3 Å². The quantitative estimate of drug-likeness (QED) is 0.689. The zero-order valence-electron chi connectivity index (χ0n) is 14.7. The van der Waals surface area contributed by atoms with Crippen molar-refractivity contribution in [3.63, 3.8) is 0 Å². The number of benzene rings is 2. The van der Waals surface area contributed by atoms with Crippen LogP contribution in [0.2, 0.25) is 0 Å². The third kappa shape index (κ3) is 3.94. The van der Waals surface area contributed by atoms with Crippen molar-refractivity contribution in [1.82, 2.24) is 5.32 Å². The van der Waals surface area contributed by atoms with Crippen LogP contribution in [0.5, 0.6) is 5.75 Å². The van der Waals surface area contributed by atoms with Gasteiger partial charge in [-0.2, -0.15) is 0 Å². The van der Waals surface area contributed by atoms with Crippen LogP contribution in [-0.2, 0) is 4.79 Å². The van der Waals surface area contributed by atoms with E-state index in [1.807, 2.05) is 6.92 Å². The Morgan fingerprint density at radius 3 is 2.70 bits per heavy atom. The SMILES string of the molecule is CC(NC(=O)C1CC1COc1ccc(F)cc1)c1cc2cc(F)ccc2o1. The monoisotopic (exact) mass is 371 g/mol. The highest BCUT2D eigenvalue weighted by Gasteiger charge is 2.43. The molecule has 0 bridgehead atoms. The van der Waals surface area contributed by atoms with Gasteiger partial charge in [0, 0.05) is 17.2 Å². The lowest BCUT2D eigenvalue weighted by Crippen LogP contribution is -2.28. The Kier molecular flexibility index (Phi) is 4.56. The first kappa shape index (κ1) is 17.5. The number of hydrogen-bond acceptors (Lipinski definition) is 3. The normalized spacial score (nSPS) is 19.7. The lowest BCUT2D eigenvalue weighted by molar-refractivity contribution is -0.123. The maximum absolute atomic E-state index is 13.3. The molecule has 1 aliphatic carbocycles. The topological polar surface area (TPSA) is 51.5 Å². The van der Waals surface area contributed by atoms with Crippen molar-refractivity contribution >= 4 is 16.9 Å². The largest absolute Gasteiger partial charge is 0.493 e. The molecule has 0 aliphatic heterocycles. The van der Waals surface area contributed by atoms with Gasteiger partial charge in [-0.05, 0) is 61.9 Å². The molecule has 3 aromatic rings. The van der Waals surface area contributed by atoms with E-state index in [9.17, 15) is 13.6 Å². The van der Waals surface area contributed by atoms with Gasteiger partial charge in [0.15, 0.2) is 0 Å². The summed E-state index contributed by atoms with van der Waals surface area (Å²) in [6.07, 6.45) is 0.755. The van der Waals surface area contributed by atoms with Crippen LogP contribution in [0.25, 0.3) is 11.0 Å². The Hall–Kier alpha value is -2.89. The maximum Gasteiger partial charge on any atom is 0.224 e. The molecule has 0 spiro atoms. The average molecular weight is 371 g/mol. The van der Waals surface area contributed by atoms with Crippen LogP contribution >= 0.6 is 0 Å². The van der Waals surface area contributed by atoms with Crippen molar-refractivity contribution in [2.75, 3.05) is 6.61 Å². The van der Waals surface area contributed by atoms with E-state index in [-0.39, 0.29) is 35.4 Å². The molecule has 140 valence electrons. The number of carbonyl (C=O) groups is 1. The summed E-state index contributed by atoms with van der Waals surface area (Å²) in [5.74, 6) is 0.527. The number of nitrogens with one attached hydrogen (secondary N) is 1. The van der Waals surface area contributed by atoms with Gasteiger partial charge in [0.05, 0.1) is 12.6 Å². The zero-order chi connectivity index (χ0) is 19.0. The average Bonchev–Trinajstić information content (AvgIpc) is 3.31. The van der Waals surface area contributed by atoms with Gasteiger partial charge >= 0.3 is 0 Å². The molecule has 1 aliphatic rings. The van der Waals surface area contributed by atoms with Gasteiger partial charge in [-0.25, -0.2) is 8.78 Å². The standard InChI is InChI=1S/C21H19F2NO3/c1-12(20-10-13-8-16(23)4-7-19(13)27-20)24-21(25)18-9-14(18)11-26-17-5-2-15(22)3-6-17/h2-8,10,12,14,18H,9,11H2,1H3,(H,24,25). The van der Waals surface area contributed by atoms with Crippen molar-refractivity contribution in [3.05, 3.63) is 65.9 Å². The lowest BCUT2D eigenvalue weighted by Gasteiger charge is -2.11. The van der Waals surface area contributed by atoms with Crippen molar-refractivity contribution in [2.45, 2.75) is 19.4 Å². The molecule has 4 nitrogen and oxygen atoms in total. The number of halogens is 2. The van der Waals surface area contributed by atoms with Crippen LogP contribution in [0, 0.1) is 23.5 Å². The summed E-state index contributed by atoms with van der Waals surface area (Å²) in [4.78, 5) is 12.4. The van der Waals surface area contributed by atoms with E-state index in [1.54, 1.807) is 24.3 Å². The summed E-state index contributed by atoms with van der Waals surface area (Å²) in [7, 11) is 0. The molecule has 1 amide bonds. The molecule has 6 heteroatoms. The third-order valence-electron chi connectivity index (χ3n) is 4.82. The predicted molar refractivity (Wildman–Crippen MR) is 96.2 cm³/mol. The van der Waals surface area contributed by atoms with Gasteiger partial charge in [0.1, 0.15) is 28.7 Å². The summed E-state index contributed by atoms with van der Waals surface area (Å²) in [5, 5.41) is 3.61. The van der Waals surface area contributed by atoms with Gasteiger partial charge < -0.3 is 14.5 Å². The van der Waals surface area contributed by atoms with E-state index < -0.39 is 0 Å². The van der Waals surface area contributed by atoms with Crippen molar-refractivity contribution in [3.8, 4) is 5.75 Å². The number of carbonyl (C=O) groups excluding carboxylic acids is 1. The van der Waals surface area contributed by atoms with Crippen LogP contribution in [0.3, 0.4) is 0 Å². The summed E-state index contributed by atoms with van der Waals surface area (Å²) in [6, 6.07) is 11.6. The highest BCUT2D eigenvalue weighted by atomic mass is 19.1. The van der Waals surface area contributed by atoms with Crippen LogP contribution < -0.4 is 10.1 Å². The highest BCUT2D eigenvalue weighted by Crippen LogP contribution is 2.39. The van der Waals surface area contributed by atoms with E-state index >= 15 is 0 Å². The van der Waals surface area contributed by atoms with Crippen molar-refractivity contribution in [2.24, 2.45) is 11.8 Å². The molecule has 1 aromatic heterocycles. The van der Waals surface area contributed by atoms with Gasteiger partial charge in [0.25, 0.3) is 0 Å². The van der Waals surface area contributed by atoms with Crippen LogP contribution in [0.1, 0.15) is 25.1 Å². The zero-order valence-corrected chi connectivity index (χ0v) is 14.7. The maximum atomic E-state index is 13.3. The summed E-state index contributed by atoms with van der Waals surface area (Å²) in [6.45, 7) is 2.25. The van der Waals surface area contributed by atoms with Gasteiger partial charge in [-0.3, -0.25) is 4.79 Å². The second-order valence-electron chi connectivity index (χ2n) is 6.93. The van der Waals surface area contributed by atoms with Gasteiger partial charge in [-0.15, -0.1) is 0 Å². The molecule has 27 heavy (non-hydrogen) atoms. The Balaban J connectivity index is 1.30. The fraction of sp³-hybridized carbons (Fsp3) is 0.286. The lowest BCUT2D eigenvalue weighted by atomic mass is 10.2.